The van der Waals surface area contributed by atoms with Crippen molar-refractivity contribution in [1.29, 1.82) is 0 Å². The summed E-state index contributed by atoms with van der Waals surface area (Å²) in [4.78, 5) is 16.2. The maximum atomic E-state index is 16.6. The van der Waals surface area contributed by atoms with Gasteiger partial charge in [0.1, 0.15) is 23.4 Å². The number of aromatic nitrogens is 5. The maximum Gasteiger partial charge on any atom is 0.320 e. The molecule has 11 heteroatoms. The van der Waals surface area contributed by atoms with Crippen LogP contribution in [0.4, 0.5) is 4.39 Å². The van der Waals surface area contributed by atoms with Gasteiger partial charge in [-0.1, -0.05) is 11.6 Å². The Hall–Kier alpha value is -3.08. The van der Waals surface area contributed by atoms with Crippen molar-refractivity contribution in [3.8, 4) is 23.1 Å². The zero-order chi connectivity index (χ0) is 29.1. The first-order valence-corrected chi connectivity index (χ1v) is 15.3. The molecule has 222 valence electrons. The van der Waals surface area contributed by atoms with E-state index in [4.69, 9.17) is 25.8 Å². The number of pyridine rings is 1. The smallest absolute Gasteiger partial charge is 0.320 e. The number of ether oxygens (including phenoxy) is 3. The molecular weight excluding hydrogens is 559 g/mol. The predicted molar refractivity (Wildman–Crippen MR) is 159 cm³/mol. The summed E-state index contributed by atoms with van der Waals surface area (Å²) in [5, 5.41) is 6.18. The Balaban J connectivity index is 1.32. The molecule has 0 bridgehead atoms. The number of halogens is 2. The van der Waals surface area contributed by atoms with Gasteiger partial charge < -0.3 is 14.2 Å². The Bertz CT molecular complexity index is 1640. The molecule has 0 spiro atoms. The van der Waals surface area contributed by atoms with Crippen molar-refractivity contribution in [1.82, 2.24) is 29.6 Å². The van der Waals surface area contributed by atoms with Crippen LogP contribution in [-0.4, -0.2) is 67.1 Å². The highest BCUT2D eigenvalue weighted by molar-refractivity contribution is 6.31. The number of nitrogens with zero attached hydrogens (tertiary/aromatic N) is 6. The van der Waals surface area contributed by atoms with Crippen molar-refractivity contribution < 1.29 is 18.6 Å². The third-order valence-electron chi connectivity index (χ3n) is 8.68. The number of hydrogen-bond donors (Lipinski definition) is 0. The number of rotatable bonds is 6. The van der Waals surface area contributed by atoms with Crippen LogP contribution in [0.3, 0.4) is 0 Å². The Morgan fingerprint density at radius 2 is 1.88 bits per heavy atom. The van der Waals surface area contributed by atoms with Gasteiger partial charge in [-0.05, 0) is 90.9 Å². The molecule has 4 aromatic rings. The summed E-state index contributed by atoms with van der Waals surface area (Å²) in [6, 6.07) is 3.65. The minimum atomic E-state index is -0.592. The Labute approximate surface area is 249 Å². The first kappa shape index (κ1) is 27.7. The van der Waals surface area contributed by atoms with Crippen molar-refractivity contribution in [3.05, 3.63) is 35.4 Å². The van der Waals surface area contributed by atoms with Gasteiger partial charge in [0, 0.05) is 28.8 Å². The number of hydrogen-bond acceptors (Lipinski definition) is 8. The molecule has 3 aliphatic rings. The predicted octanol–water partition coefficient (Wildman–Crippen LogP) is 6.72. The average molecular weight is 595 g/mol. The summed E-state index contributed by atoms with van der Waals surface area (Å²) in [5.74, 6) is -0.351. The molecule has 7 rings (SSSR count). The van der Waals surface area contributed by atoms with E-state index in [1.165, 1.54) is 0 Å². The van der Waals surface area contributed by atoms with Crippen molar-refractivity contribution >= 4 is 33.4 Å². The largest absolute Gasteiger partial charge is 0.471 e. The summed E-state index contributed by atoms with van der Waals surface area (Å²) in [6.45, 7) is 9.08. The van der Waals surface area contributed by atoms with E-state index in [2.05, 4.69) is 25.0 Å². The van der Waals surface area contributed by atoms with E-state index in [1.54, 1.807) is 18.5 Å². The third-order valence-corrected chi connectivity index (χ3v) is 8.90. The second-order valence-corrected chi connectivity index (χ2v) is 13.1. The highest BCUT2D eigenvalue weighted by atomic mass is 35.5. The molecule has 0 amide bonds. The molecule has 0 N–H and O–H groups in total. The summed E-state index contributed by atoms with van der Waals surface area (Å²) in [5.41, 5.74) is 0.944. The standard InChI is InChI=1S/C31H36ClFN6O3/c1-30(2,3)42-28-22-16-34-26(20-14-19(32)15-23-21(20)17-35-39(23)24-8-4-5-13-40-24)25(33)27(22)36-29(37-28)41-18-31-9-6-11-38(31)12-7-10-31/h14-17,24H,4-13,18H2,1-3H3. The molecular formula is C31H36ClFN6O3. The Morgan fingerprint density at radius 1 is 1.07 bits per heavy atom. The summed E-state index contributed by atoms with van der Waals surface area (Å²) >= 11 is 6.58. The van der Waals surface area contributed by atoms with E-state index < -0.39 is 11.4 Å². The zero-order valence-corrected chi connectivity index (χ0v) is 25.1. The lowest BCUT2D eigenvalue weighted by atomic mass is 9.95. The first-order chi connectivity index (χ1) is 20.2. The SMILES string of the molecule is CC(C)(C)Oc1nc(OCC23CCCN2CCC3)nc2c(F)c(-c3cc(Cl)cc4c3cnn4C3CCCCO3)ncc12. The van der Waals surface area contributed by atoms with Gasteiger partial charge in [0.05, 0.1) is 22.6 Å². The van der Waals surface area contributed by atoms with E-state index in [-0.39, 0.29) is 34.9 Å². The monoisotopic (exact) mass is 594 g/mol. The normalized spacial score (nSPS) is 20.8. The number of benzene rings is 1. The van der Waals surface area contributed by atoms with E-state index in [0.29, 0.717) is 29.2 Å². The molecule has 3 aromatic heterocycles. The molecule has 1 atom stereocenters. The van der Waals surface area contributed by atoms with Crippen LogP contribution in [0.5, 0.6) is 11.9 Å². The summed E-state index contributed by atoms with van der Waals surface area (Å²) < 4.78 is 36.8. The maximum absolute atomic E-state index is 16.6. The van der Waals surface area contributed by atoms with E-state index >= 15 is 4.39 Å². The van der Waals surface area contributed by atoms with Crippen molar-refractivity contribution in [2.75, 3.05) is 26.3 Å². The van der Waals surface area contributed by atoms with E-state index in [0.717, 1.165) is 68.9 Å². The third kappa shape index (κ3) is 4.97. The lowest BCUT2D eigenvalue weighted by molar-refractivity contribution is -0.0366. The highest BCUT2D eigenvalue weighted by Gasteiger charge is 2.45. The molecule has 0 radical (unpaired) electrons. The van der Waals surface area contributed by atoms with Crippen LogP contribution in [0.15, 0.2) is 24.5 Å². The lowest BCUT2D eigenvalue weighted by Crippen LogP contribution is -2.43. The van der Waals surface area contributed by atoms with Gasteiger partial charge in [-0.2, -0.15) is 15.1 Å². The Morgan fingerprint density at radius 3 is 2.62 bits per heavy atom. The first-order valence-electron chi connectivity index (χ1n) is 14.9. The molecule has 3 aliphatic heterocycles. The molecule has 9 nitrogen and oxygen atoms in total. The lowest BCUT2D eigenvalue weighted by Gasteiger charge is -2.31. The average Bonchev–Trinajstić information content (AvgIpc) is 3.66. The van der Waals surface area contributed by atoms with Gasteiger partial charge in [0.15, 0.2) is 12.0 Å². The number of fused-ring (bicyclic) bond motifs is 3. The molecule has 3 saturated heterocycles. The van der Waals surface area contributed by atoms with Crippen LogP contribution in [0, 0.1) is 5.82 Å². The molecule has 42 heavy (non-hydrogen) atoms. The minimum absolute atomic E-state index is 0.0000881. The Kier molecular flexibility index (Phi) is 6.98. The molecule has 0 saturated carbocycles. The van der Waals surface area contributed by atoms with Gasteiger partial charge in [-0.25, -0.2) is 9.07 Å². The zero-order valence-electron chi connectivity index (χ0n) is 24.3. The fourth-order valence-corrected chi connectivity index (χ4v) is 6.96. The quantitative estimate of drug-likeness (QED) is 0.243. The van der Waals surface area contributed by atoms with Gasteiger partial charge in [0.2, 0.25) is 5.88 Å². The van der Waals surface area contributed by atoms with Gasteiger partial charge >= 0.3 is 6.01 Å². The molecule has 0 aliphatic carbocycles. The summed E-state index contributed by atoms with van der Waals surface area (Å²) in [7, 11) is 0. The second kappa shape index (κ2) is 10.6. The second-order valence-electron chi connectivity index (χ2n) is 12.7. The fourth-order valence-electron chi connectivity index (χ4n) is 6.74. The highest BCUT2D eigenvalue weighted by Crippen LogP contribution is 2.40. The van der Waals surface area contributed by atoms with Crippen LogP contribution in [0.1, 0.15) is 71.9 Å². The summed E-state index contributed by atoms with van der Waals surface area (Å²) in [6.07, 6.45) is 10.5. The van der Waals surface area contributed by atoms with Crippen molar-refractivity contribution in [3.63, 3.8) is 0 Å². The molecule has 3 fully saturated rings. The van der Waals surface area contributed by atoms with Crippen LogP contribution in [0.25, 0.3) is 33.1 Å². The van der Waals surface area contributed by atoms with E-state index in [1.807, 2.05) is 31.5 Å². The molecule has 1 unspecified atom stereocenters. The van der Waals surface area contributed by atoms with Crippen LogP contribution >= 0.6 is 11.6 Å². The van der Waals surface area contributed by atoms with Crippen molar-refractivity contribution in [2.45, 2.75) is 83.1 Å². The van der Waals surface area contributed by atoms with Crippen molar-refractivity contribution in [2.24, 2.45) is 0 Å². The topological polar surface area (TPSA) is 87.4 Å². The molecule has 1 aromatic carbocycles. The van der Waals surface area contributed by atoms with Crippen LogP contribution in [0.2, 0.25) is 5.02 Å². The van der Waals surface area contributed by atoms with Crippen LogP contribution in [-0.2, 0) is 4.74 Å². The van der Waals surface area contributed by atoms with Crippen LogP contribution < -0.4 is 9.47 Å². The molecule has 6 heterocycles. The van der Waals surface area contributed by atoms with Gasteiger partial charge in [-0.3, -0.25) is 9.88 Å². The van der Waals surface area contributed by atoms with Gasteiger partial charge in [-0.15, -0.1) is 0 Å². The van der Waals surface area contributed by atoms with E-state index in [9.17, 15) is 0 Å². The minimum Gasteiger partial charge on any atom is -0.471 e. The fraction of sp³-hybridized carbons (Fsp3) is 0.548. The van der Waals surface area contributed by atoms with Gasteiger partial charge in [0.25, 0.3) is 0 Å².